The molecule has 166 valence electrons. The molecular weight excluding hydrogens is 422 g/mol. The zero-order valence-electron chi connectivity index (χ0n) is 17.7. The van der Waals surface area contributed by atoms with Gasteiger partial charge in [0.05, 0.1) is 18.0 Å². The van der Waals surface area contributed by atoms with Gasteiger partial charge in [-0.05, 0) is 49.1 Å². The van der Waals surface area contributed by atoms with E-state index in [1.165, 1.54) is 4.90 Å². The van der Waals surface area contributed by atoms with Crippen molar-refractivity contribution in [1.29, 1.82) is 0 Å². The molecule has 2 aromatic carbocycles. The van der Waals surface area contributed by atoms with Gasteiger partial charge in [-0.25, -0.2) is 4.68 Å². The second kappa shape index (κ2) is 7.54. The van der Waals surface area contributed by atoms with E-state index < -0.39 is 11.9 Å². The first-order valence-electron chi connectivity index (χ1n) is 11.0. The van der Waals surface area contributed by atoms with E-state index in [1.54, 1.807) is 10.7 Å². The SMILES string of the molecule is O=C1CCC(N2Cc3ccc(-n4cc(-c5ccccc5OC5CC5)nn4)cc3C2=O)C(=O)N1. The minimum atomic E-state index is -0.632. The fourth-order valence-corrected chi connectivity index (χ4v) is 4.35. The summed E-state index contributed by atoms with van der Waals surface area (Å²) in [5.74, 6) is -0.143. The number of hydrogen-bond donors (Lipinski definition) is 1. The number of aromatic nitrogens is 3. The third-order valence-electron chi connectivity index (χ3n) is 6.25. The monoisotopic (exact) mass is 443 g/mol. The zero-order chi connectivity index (χ0) is 22.5. The first-order valence-corrected chi connectivity index (χ1v) is 11.0. The largest absolute Gasteiger partial charge is 0.490 e. The Morgan fingerprint density at radius 1 is 1.00 bits per heavy atom. The van der Waals surface area contributed by atoms with Crippen molar-refractivity contribution in [2.24, 2.45) is 0 Å². The minimum Gasteiger partial charge on any atom is -0.490 e. The Labute approximate surface area is 189 Å². The summed E-state index contributed by atoms with van der Waals surface area (Å²) in [7, 11) is 0. The molecule has 3 aromatic rings. The van der Waals surface area contributed by atoms with E-state index >= 15 is 0 Å². The molecule has 2 aliphatic heterocycles. The van der Waals surface area contributed by atoms with Gasteiger partial charge in [-0.2, -0.15) is 0 Å². The number of fused-ring (bicyclic) bond motifs is 1. The van der Waals surface area contributed by atoms with E-state index in [9.17, 15) is 14.4 Å². The van der Waals surface area contributed by atoms with E-state index in [-0.39, 0.29) is 24.3 Å². The van der Waals surface area contributed by atoms with Gasteiger partial charge in [-0.3, -0.25) is 19.7 Å². The normalized spacial score (nSPS) is 20.1. The third-order valence-corrected chi connectivity index (χ3v) is 6.25. The molecule has 1 unspecified atom stereocenters. The average molecular weight is 443 g/mol. The van der Waals surface area contributed by atoms with Crippen LogP contribution in [0.15, 0.2) is 48.7 Å². The molecule has 3 aliphatic rings. The maximum Gasteiger partial charge on any atom is 0.255 e. The van der Waals surface area contributed by atoms with Crippen molar-refractivity contribution in [3.05, 3.63) is 59.8 Å². The number of carbonyl (C=O) groups is 3. The van der Waals surface area contributed by atoms with Crippen molar-refractivity contribution in [2.75, 3.05) is 0 Å². The predicted octanol–water partition coefficient (Wildman–Crippen LogP) is 2.24. The van der Waals surface area contributed by atoms with Gasteiger partial charge in [0.25, 0.3) is 5.91 Å². The third kappa shape index (κ3) is 3.55. The van der Waals surface area contributed by atoms with Crippen LogP contribution in [0.4, 0.5) is 0 Å². The summed E-state index contributed by atoms with van der Waals surface area (Å²) in [5, 5.41) is 10.9. The van der Waals surface area contributed by atoms with E-state index in [1.807, 2.05) is 42.6 Å². The summed E-state index contributed by atoms with van der Waals surface area (Å²) in [4.78, 5) is 38.3. The number of amides is 3. The zero-order valence-corrected chi connectivity index (χ0v) is 17.7. The lowest BCUT2D eigenvalue weighted by molar-refractivity contribution is -0.136. The van der Waals surface area contributed by atoms with E-state index in [0.717, 1.165) is 29.7 Å². The molecule has 0 bridgehead atoms. The van der Waals surface area contributed by atoms with Crippen LogP contribution in [0.5, 0.6) is 5.75 Å². The molecule has 1 saturated carbocycles. The molecule has 1 atom stereocenters. The summed E-state index contributed by atoms with van der Waals surface area (Å²) in [6.07, 6.45) is 4.80. The van der Waals surface area contributed by atoms with Crippen LogP contribution in [0.2, 0.25) is 0 Å². The first kappa shape index (κ1) is 19.7. The second-order valence-electron chi connectivity index (χ2n) is 8.60. The van der Waals surface area contributed by atoms with E-state index in [2.05, 4.69) is 15.6 Å². The standard InChI is InChI=1S/C24H21N5O4/c30-22-10-9-20(23(31)25-22)28-12-14-5-6-15(11-18(14)24(28)32)29-13-19(26-27-29)17-3-1-2-4-21(17)33-16-7-8-16/h1-6,11,13,16,20H,7-10,12H2,(H,25,30,31). The molecule has 1 aromatic heterocycles. The van der Waals surface area contributed by atoms with Crippen LogP contribution >= 0.6 is 0 Å². The van der Waals surface area contributed by atoms with Crippen molar-refractivity contribution in [2.45, 2.75) is 44.4 Å². The van der Waals surface area contributed by atoms with Crippen molar-refractivity contribution in [1.82, 2.24) is 25.2 Å². The van der Waals surface area contributed by atoms with Gasteiger partial charge in [0, 0.05) is 24.1 Å². The smallest absolute Gasteiger partial charge is 0.255 e. The Bertz CT molecular complexity index is 1300. The number of ether oxygens (including phenoxy) is 1. The Morgan fingerprint density at radius 2 is 1.85 bits per heavy atom. The molecule has 2 fully saturated rings. The highest BCUT2D eigenvalue weighted by atomic mass is 16.5. The van der Waals surface area contributed by atoms with Crippen LogP contribution < -0.4 is 10.1 Å². The number of carbonyl (C=O) groups excluding carboxylic acids is 3. The molecule has 1 N–H and O–H groups in total. The van der Waals surface area contributed by atoms with Gasteiger partial charge in [0.15, 0.2) is 0 Å². The average Bonchev–Trinajstić information content (AvgIpc) is 3.38. The molecule has 9 heteroatoms. The van der Waals surface area contributed by atoms with E-state index in [0.29, 0.717) is 29.9 Å². The molecule has 9 nitrogen and oxygen atoms in total. The van der Waals surface area contributed by atoms with Gasteiger partial charge in [0.1, 0.15) is 17.5 Å². The molecule has 0 spiro atoms. The predicted molar refractivity (Wildman–Crippen MR) is 116 cm³/mol. The van der Waals surface area contributed by atoms with Gasteiger partial charge in [-0.15, -0.1) is 5.10 Å². The van der Waals surface area contributed by atoms with Crippen LogP contribution in [0.25, 0.3) is 16.9 Å². The molecule has 1 saturated heterocycles. The fourth-order valence-electron chi connectivity index (χ4n) is 4.35. The lowest BCUT2D eigenvalue weighted by atomic mass is 10.0. The number of piperidine rings is 1. The van der Waals surface area contributed by atoms with Gasteiger partial charge >= 0.3 is 0 Å². The number of nitrogens with one attached hydrogen (secondary N) is 1. The summed E-state index contributed by atoms with van der Waals surface area (Å²) < 4.78 is 7.63. The number of hydrogen-bond acceptors (Lipinski definition) is 6. The summed E-state index contributed by atoms with van der Waals surface area (Å²) in [5.41, 5.74) is 3.63. The Kier molecular flexibility index (Phi) is 4.49. The molecule has 3 heterocycles. The van der Waals surface area contributed by atoms with Crippen LogP contribution in [-0.2, 0) is 16.1 Å². The Hall–Kier alpha value is -4.01. The van der Waals surface area contributed by atoms with Crippen LogP contribution in [0.3, 0.4) is 0 Å². The van der Waals surface area contributed by atoms with Crippen LogP contribution in [0.1, 0.15) is 41.6 Å². The number of imide groups is 1. The number of rotatable bonds is 5. The van der Waals surface area contributed by atoms with Crippen molar-refractivity contribution < 1.29 is 19.1 Å². The quantitative estimate of drug-likeness (QED) is 0.606. The van der Waals surface area contributed by atoms with E-state index in [4.69, 9.17) is 4.74 Å². The molecule has 33 heavy (non-hydrogen) atoms. The van der Waals surface area contributed by atoms with Gasteiger partial charge < -0.3 is 9.64 Å². The van der Waals surface area contributed by atoms with Gasteiger partial charge in [0.2, 0.25) is 11.8 Å². The van der Waals surface area contributed by atoms with Crippen molar-refractivity contribution in [3.63, 3.8) is 0 Å². The molecule has 3 amide bonds. The lowest BCUT2D eigenvalue weighted by Gasteiger charge is -2.29. The second-order valence-corrected chi connectivity index (χ2v) is 8.60. The highest BCUT2D eigenvalue weighted by molar-refractivity contribution is 6.05. The number of para-hydroxylation sites is 1. The van der Waals surface area contributed by atoms with Crippen LogP contribution in [0, 0.1) is 0 Å². The molecule has 6 rings (SSSR count). The van der Waals surface area contributed by atoms with Crippen molar-refractivity contribution >= 4 is 17.7 Å². The summed E-state index contributed by atoms with van der Waals surface area (Å²) >= 11 is 0. The van der Waals surface area contributed by atoms with Crippen molar-refractivity contribution in [3.8, 4) is 22.7 Å². The number of benzene rings is 2. The number of nitrogens with zero attached hydrogens (tertiary/aromatic N) is 4. The topological polar surface area (TPSA) is 106 Å². The maximum absolute atomic E-state index is 13.1. The highest BCUT2D eigenvalue weighted by Gasteiger charge is 2.39. The highest BCUT2D eigenvalue weighted by Crippen LogP contribution is 2.34. The van der Waals surface area contributed by atoms with Crippen LogP contribution in [-0.4, -0.2) is 49.8 Å². The lowest BCUT2D eigenvalue weighted by Crippen LogP contribution is -2.52. The molecular formula is C24H21N5O4. The maximum atomic E-state index is 13.1. The Balaban J connectivity index is 1.26. The summed E-state index contributed by atoms with van der Waals surface area (Å²) in [6, 6.07) is 12.7. The van der Waals surface area contributed by atoms with Gasteiger partial charge in [-0.1, -0.05) is 23.4 Å². The minimum absolute atomic E-state index is 0.218. The first-order chi connectivity index (χ1) is 16.1. The summed E-state index contributed by atoms with van der Waals surface area (Å²) in [6.45, 7) is 0.342. The molecule has 0 radical (unpaired) electrons. The Morgan fingerprint density at radius 3 is 2.67 bits per heavy atom. The molecule has 1 aliphatic carbocycles. The fraction of sp³-hybridized carbons (Fsp3) is 0.292.